The highest BCUT2D eigenvalue weighted by atomic mass is 16.5. The lowest BCUT2D eigenvalue weighted by atomic mass is 10.1. The van der Waals surface area contributed by atoms with Gasteiger partial charge in [0, 0.05) is 12.0 Å². The first-order valence-corrected chi connectivity index (χ1v) is 6.00. The molecule has 0 radical (unpaired) electrons. The predicted octanol–water partition coefficient (Wildman–Crippen LogP) is 0.539. The molecule has 0 spiro atoms. The Morgan fingerprint density at radius 1 is 1.15 bits per heavy atom. The monoisotopic (exact) mass is 272 g/mol. The van der Waals surface area contributed by atoms with Gasteiger partial charge in [-0.3, -0.25) is 14.8 Å². The zero-order valence-electron chi connectivity index (χ0n) is 10.7. The van der Waals surface area contributed by atoms with E-state index >= 15 is 0 Å². The summed E-state index contributed by atoms with van der Waals surface area (Å²) in [5.41, 5.74) is 0.395. The molecule has 2 heterocycles. The highest BCUT2D eigenvalue weighted by Crippen LogP contribution is 2.20. The van der Waals surface area contributed by atoms with E-state index in [1.54, 1.807) is 7.11 Å². The molecule has 3 rings (SSSR count). The molecular weight excluding hydrogens is 260 g/mol. The van der Waals surface area contributed by atoms with Crippen molar-refractivity contribution in [2.24, 2.45) is 0 Å². The number of fused-ring (bicyclic) bond motifs is 1. The largest absolute Gasteiger partial charge is 0.496 e. The summed E-state index contributed by atoms with van der Waals surface area (Å²) in [6, 6.07) is 7.55. The second-order valence-corrected chi connectivity index (χ2v) is 4.30. The van der Waals surface area contributed by atoms with E-state index in [4.69, 9.17) is 4.74 Å². The van der Waals surface area contributed by atoms with E-state index in [0.717, 1.165) is 11.3 Å². The molecule has 0 aliphatic heterocycles. The first-order valence-electron chi connectivity index (χ1n) is 6.00. The maximum atomic E-state index is 11.6. The Morgan fingerprint density at radius 3 is 2.75 bits per heavy atom. The van der Waals surface area contributed by atoms with Crippen LogP contribution in [0.5, 0.6) is 5.75 Å². The first kappa shape index (κ1) is 12.2. The number of methoxy groups -OCH3 is 1. The average Bonchev–Trinajstić information content (AvgIpc) is 2.82. The number of nitrogens with zero attached hydrogens (tertiary/aromatic N) is 1. The van der Waals surface area contributed by atoms with E-state index in [-0.39, 0.29) is 11.2 Å². The van der Waals surface area contributed by atoms with Gasteiger partial charge in [-0.1, -0.05) is 18.2 Å². The number of rotatable bonds is 3. The van der Waals surface area contributed by atoms with Crippen molar-refractivity contribution in [3.05, 3.63) is 56.5 Å². The summed E-state index contributed by atoms with van der Waals surface area (Å²) >= 11 is 0. The number of H-pyrrole nitrogens is 3. The van der Waals surface area contributed by atoms with Gasteiger partial charge in [-0.15, -0.1) is 0 Å². The van der Waals surface area contributed by atoms with Crippen LogP contribution >= 0.6 is 0 Å². The number of para-hydroxylation sites is 1. The molecule has 102 valence electrons. The van der Waals surface area contributed by atoms with E-state index in [2.05, 4.69) is 19.9 Å². The number of aromatic amines is 3. The van der Waals surface area contributed by atoms with Crippen molar-refractivity contribution in [3.8, 4) is 5.75 Å². The maximum absolute atomic E-state index is 11.6. The quantitative estimate of drug-likeness (QED) is 0.647. The molecule has 2 aromatic heterocycles. The summed E-state index contributed by atoms with van der Waals surface area (Å²) in [7, 11) is 1.60. The van der Waals surface area contributed by atoms with Crippen LogP contribution in [0.15, 0.2) is 33.9 Å². The van der Waals surface area contributed by atoms with Crippen LogP contribution in [0.4, 0.5) is 0 Å². The minimum Gasteiger partial charge on any atom is -0.496 e. The smallest absolute Gasteiger partial charge is 0.327 e. The molecule has 0 unspecified atom stereocenters. The van der Waals surface area contributed by atoms with E-state index in [9.17, 15) is 9.59 Å². The molecule has 1 aromatic carbocycles. The standard InChI is InChI=1S/C13H12N4O3/c1-20-8-5-3-2-4-7(8)6-9-14-10-11(15-9)16-13(19)17-12(10)18/h2-5H,6H2,1H3,(H3,14,15,16,17,18,19). The molecule has 3 aromatic rings. The van der Waals surface area contributed by atoms with Crippen LogP contribution in [0, 0.1) is 0 Å². The van der Waals surface area contributed by atoms with Gasteiger partial charge in [0.2, 0.25) is 0 Å². The summed E-state index contributed by atoms with van der Waals surface area (Å²) < 4.78 is 5.27. The summed E-state index contributed by atoms with van der Waals surface area (Å²) in [5, 5.41) is 0. The van der Waals surface area contributed by atoms with Crippen molar-refractivity contribution < 1.29 is 4.74 Å². The average molecular weight is 272 g/mol. The fourth-order valence-electron chi connectivity index (χ4n) is 2.09. The molecule has 20 heavy (non-hydrogen) atoms. The van der Waals surface area contributed by atoms with E-state index < -0.39 is 11.2 Å². The molecule has 0 aliphatic rings. The van der Waals surface area contributed by atoms with Crippen molar-refractivity contribution in [2.75, 3.05) is 7.11 Å². The lowest BCUT2D eigenvalue weighted by Gasteiger charge is -2.05. The number of ether oxygens (including phenoxy) is 1. The first-order chi connectivity index (χ1) is 9.67. The molecule has 0 amide bonds. The molecule has 7 heteroatoms. The fourth-order valence-corrected chi connectivity index (χ4v) is 2.09. The molecule has 0 saturated heterocycles. The Hall–Kier alpha value is -2.83. The van der Waals surface area contributed by atoms with E-state index in [0.29, 0.717) is 12.2 Å². The topological polar surface area (TPSA) is 104 Å². The van der Waals surface area contributed by atoms with Gasteiger partial charge >= 0.3 is 5.69 Å². The molecule has 7 nitrogen and oxygen atoms in total. The molecule has 0 fully saturated rings. The number of hydrogen-bond donors (Lipinski definition) is 3. The minimum atomic E-state index is -0.571. The summed E-state index contributed by atoms with van der Waals surface area (Å²) in [6.07, 6.45) is 0.472. The van der Waals surface area contributed by atoms with Crippen molar-refractivity contribution >= 4 is 11.2 Å². The van der Waals surface area contributed by atoms with Gasteiger partial charge in [0.1, 0.15) is 17.1 Å². The lowest BCUT2D eigenvalue weighted by Crippen LogP contribution is -2.21. The van der Waals surface area contributed by atoms with Crippen molar-refractivity contribution in [3.63, 3.8) is 0 Å². The third kappa shape index (κ3) is 2.09. The minimum absolute atomic E-state index is 0.253. The van der Waals surface area contributed by atoms with E-state index in [1.807, 2.05) is 24.3 Å². The van der Waals surface area contributed by atoms with E-state index in [1.165, 1.54) is 0 Å². The van der Waals surface area contributed by atoms with Crippen molar-refractivity contribution in [1.82, 2.24) is 19.9 Å². The summed E-state index contributed by atoms with van der Waals surface area (Å²) in [5.74, 6) is 1.33. The van der Waals surface area contributed by atoms with Crippen molar-refractivity contribution in [2.45, 2.75) is 6.42 Å². The van der Waals surface area contributed by atoms with Crippen LogP contribution in [0.3, 0.4) is 0 Å². The van der Waals surface area contributed by atoms with Gasteiger partial charge in [-0.2, -0.15) is 0 Å². The molecular formula is C13H12N4O3. The van der Waals surface area contributed by atoms with Gasteiger partial charge in [0.05, 0.1) is 7.11 Å². The Morgan fingerprint density at radius 2 is 1.95 bits per heavy atom. The molecule has 3 N–H and O–H groups in total. The predicted molar refractivity (Wildman–Crippen MR) is 73.1 cm³/mol. The fraction of sp³-hybridized carbons (Fsp3) is 0.154. The third-order valence-electron chi connectivity index (χ3n) is 2.99. The number of hydrogen-bond acceptors (Lipinski definition) is 4. The molecule has 0 saturated carbocycles. The Kier molecular flexibility index (Phi) is 2.86. The van der Waals surface area contributed by atoms with Crippen LogP contribution in [0.25, 0.3) is 11.2 Å². The van der Waals surface area contributed by atoms with Gasteiger partial charge in [0.15, 0.2) is 5.65 Å². The molecule has 0 bridgehead atoms. The normalized spacial score (nSPS) is 10.8. The maximum Gasteiger partial charge on any atom is 0.327 e. The van der Waals surface area contributed by atoms with Crippen LogP contribution in [-0.2, 0) is 6.42 Å². The lowest BCUT2D eigenvalue weighted by molar-refractivity contribution is 0.410. The van der Waals surface area contributed by atoms with Crippen LogP contribution < -0.4 is 16.0 Å². The second kappa shape index (κ2) is 4.69. The highest BCUT2D eigenvalue weighted by Gasteiger charge is 2.10. The Labute approximate surface area is 112 Å². The second-order valence-electron chi connectivity index (χ2n) is 4.30. The Balaban J connectivity index is 2.05. The zero-order valence-corrected chi connectivity index (χ0v) is 10.7. The van der Waals surface area contributed by atoms with Crippen LogP contribution in [-0.4, -0.2) is 27.0 Å². The zero-order chi connectivity index (χ0) is 14.1. The van der Waals surface area contributed by atoms with Crippen LogP contribution in [0.1, 0.15) is 11.4 Å². The summed E-state index contributed by atoms with van der Waals surface area (Å²) in [6.45, 7) is 0. The van der Waals surface area contributed by atoms with Gasteiger partial charge in [-0.05, 0) is 6.07 Å². The van der Waals surface area contributed by atoms with Gasteiger partial charge in [0.25, 0.3) is 5.56 Å². The number of nitrogens with one attached hydrogen (secondary N) is 3. The number of benzene rings is 1. The van der Waals surface area contributed by atoms with Crippen molar-refractivity contribution in [1.29, 1.82) is 0 Å². The highest BCUT2D eigenvalue weighted by molar-refractivity contribution is 5.68. The number of aromatic nitrogens is 4. The SMILES string of the molecule is COc1ccccc1Cc1nc2[nH]c(=O)[nH]c(=O)c2[nH]1. The third-order valence-corrected chi connectivity index (χ3v) is 2.99. The Bertz CT molecular complexity index is 875. The molecule has 0 aliphatic carbocycles. The van der Waals surface area contributed by atoms with Gasteiger partial charge in [-0.25, -0.2) is 9.78 Å². The number of imidazole rings is 1. The summed E-state index contributed by atoms with van der Waals surface area (Å²) in [4.78, 5) is 34.6. The van der Waals surface area contributed by atoms with Gasteiger partial charge < -0.3 is 9.72 Å². The van der Waals surface area contributed by atoms with Crippen LogP contribution in [0.2, 0.25) is 0 Å². The molecule has 0 atom stereocenters.